The third kappa shape index (κ3) is 5.44. The van der Waals surface area contributed by atoms with Crippen LogP contribution in [0.1, 0.15) is 29.0 Å². The number of carbonyl (C=O) groups is 1. The molecular weight excluding hydrogens is 448 g/mol. The van der Waals surface area contributed by atoms with E-state index in [4.69, 9.17) is 21.1 Å². The van der Waals surface area contributed by atoms with Crippen LogP contribution in [0.25, 0.3) is 10.9 Å². The summed E-state index contributed by atoms with van der Waals surface area (Å²) in [7, 11) is 3.29. The minimum Gasteiger partial charge on any atom is -0.497 e. The van der Waals surface area contributed by atoms with Crippen LogP contribution in [0.5, 0.6) is 5.75 Å². The number of carbonyl (C=O) groups excluding carboxylic acids is 1. The van der Waals surface area contributed by atoms with E-state index in [0.29, 0.717) is 31.1 Å². The molecule has 5 nitrogen and oxygen atoms in total. The maximum Gasteiger partial charge on any atom is 0.221 e. The number of nitrogens with one attached hydrogen (secondary N) is 1. The van der Waals surface area contributed by atoms with Gasteiger partial charge in [0.25, 0.3) is 0 Å². The molecule has 1 atom stereocenters. The van der Waals surface area contributed by atoms with E-state index in [1.807, 2.05) is 48.5 Å². The zero-order valence-corrected chi connectivity index (χ0v) is 20.2. The fourth-order valence-corrected chi connectivity index (χ4v) is 4.57. The lowest BCUT2D eigenvalue weighted by atomic mass is 9.88. The van der Waals surface area contributed by atoms with Crippen molar-refractivity contribution in [3.63, 3.8) is 0 Å². The molecule has 176 valence electrons. The molecule has 0 spiro atoms. The predicted octanol–water partition coefficient (Wildman–Crippen LogP) is 5.64. The second-order valence-electron chi connectivity index (χ2n) is 8.20. The molecule has 0 aliphatic heterocycles. The Kier molecular flexibility index (Phi) is 7.88. The van der Waals surface area contributed by atoms with Gasteiger partial charge in [-0.2, -0.15) is 0 Å². The Bertz CT molecular complexity index is 1250. The molecule has 0 radical (unpaired) electrons. The minimum atomic E-state index is -0.182. The highest BCUT2D eigenvalue weighted by atomic mass is 35.5. The summed E-state index contributed by atoms with van der Waals surface area (Å²) in [5, 5.41) is 4.73. The summed E-state index contributed by atoms with van der Waals surface area (Å²) in [4.78, 5) is 12.9. The number of fused-ring (bicyclic) bond motifs is 1. The van der Waals surface area contributed by atoms with Crippen molar-refractivity contribution in [3.05, 3.63) is 101 Å². The SMILES string of the molecule is COCCNC(=O)CC(c1ccccc1Cl)c1cn(Cc2ccc(OC)cc2)c2ccccc12. The minimum absolute atomic E-state index is 0.0334. The Hall–Kier alpha value is -3.28. The zero-order valence-electron chi connectivity index (χ0n) is 19.5. The van der Waals surface area contributed by atoms with E-state index in [1.165, 1.54) is 5.56 Å². The van der Waals surface area contributed by atoms with Crippen molar-refractivity contribution in [1.82, 2.24) is 9.88 Å². The fraction of sp³-hybridized carbons (Fsp3) is 0.250. The highest BCUT2D eigenvalue weighted by molar-refractivity contribution is 6.31. The molecule has 0 aliphatic carbocycles. The number of nitrogens with zero attached hydrogens (tertiary/aromatic N) is 1. The molecule has 1 unspecified atom stereocenters. The Morgan fingerprint density at radius 1 is 0.971 bits per heavy atom. The highest BCUT2D eigenvalue weighted by Gasteiger charge is 2.24. The summed E-state index contributed by atoms with van der Waals surface area (Å²) in [6.45, 7) is 1.66. The van der Waals surface area contributed by atoms with Gasteiger partial charge < -0.3 is 19.4 Å². The number of rotatable bonds is 10. The number of benzene rings is 3. The van der Waals surface area contributed by atoms with Crippen molar-refractivity contribution >= 4 is 28.4 Å². The van der Waals surface area contributed by atoms with Crippen LogP contribution in [0, 0.1) is 0 Å². The van der Waals surface area contributed by atoms with Gasteiger partial charge in [0.15, 0.2) is 0 Å². The van der Waals surface area contributed by atoms with Crippen molar-refractivity contribution in [2.24, 2.45) is 0 Å². The molecule has 4 aromatic rings. The van der Waals surface area contributed by atoms with Gasteiger partial charge in [0.05, 0.1) is 13.7 Å². The molecule has 0 aliphatic rings. The molecular formula is C28H29ClN2O3. The van der Waals surface area contributed by atoms with Crippen molar-refractivity contribution in [1.29, 1.82) is 0 Å². The molecule has 4 rings (SSSR count). The summed E-state index contributed by atoms with van der Waals surface area (Å²) >= 11 is 6.63. The number of amides is 1. The average Bonchev–Trinajstić information content (AvgIpc) is 3.22. The summed E-state index contributed by atoms with van der Waals surface area (Å²) < 4.78 is 12.6. The third-order valence-corrected chi connectivity index (χ3v) is 6.35. The van der Waals surface area contributed by atoms with Gasteiger partial charge in [-0.3, -0.25) is 4.79 Å². The molecule has 0 saturated carbocycles. The van der Waals surface area contributed by atoms with Crippen LogP contribution in [0.4, 0.5) is 0 Å². The largest absolute Gasteiger partial charge is 0.497 e. The van der Waals surface area contributed by atoms with Gasteiger partial charge in [-0.05, 0) is 41.0 Å². The van der Waals surface area contributed by atoms with E-state index in [-0.39, 0.29) is 11.8 Å². The first-order valence-electron chi connectivity index (χ1n) is 11.3. The lowest BCUT2D eigenvalue weighted by Crippen LogP contribution is -2.28. The van der Waals surface area contributed by atoms with E-state index in [2.05, 4.69) is 40.3 Å². The number of methoxy groups -OCH3 is 2. The number of aromatic nitrogens is 1. The molecule has 6 heteroatoms. The maximum atomic E-state index is 12.9. The standard InChI is InChI=1S/C28H29ClN2O3/c1-33-16-15-30-28(32)17-24(22-7-3-5-9-26(22)29)25-19-31(27-10-6-4-8-23(25)27)18-20-11-13-21(34-2)14-12-20/h3-14,19,24H,15-18H2,1-2H3,(H,30,32). The monoisotopic (exact) mass is 476 g/mol. The van der Waals surface area contributed by atoms with Crippen LogP contribution in [0.3, 0.4) is 0 Å². The van der Waals surface area contributed by atoms with Crippen LogP contribution in [0.2, 0.25) is 5.02 Å². The lowest BCUT2D eigenvalue weighted by Gasteiger charge is -2.18. The quantitative estimate of drug-likeness (QED) is 0.301. The maximum absolute atomic E-state index is 12.9. The molecule has 0 bridgehead atoms. The van der Waals surface area contributed by atoms with Crippen LogP contribution in [-0.2, 0) is 16.1 Å². The summed E-state index contributed by atoms with van der Waals surface area (Å²) in [5.41, 5.74) is 4.31. The number of hydrogen-bond donors (Lipinski definition) is 1. The van der Waals surface area contributed by atoms with Gasteiger partial charge in [0, 0.05) is 54.7 Å². The van der Waals surface area contributed by atoms with Gasteiger partial charge in [-0.1, -0.05) is 60.1 Å². The van der Waals surface area contributed by atoms with Crippen LogP contribution in [-0.4, -0.2) is 37.8 Å². The third-order valence-electron chi connectivity index (χ3n) is 6.01. The average molecular weight is 477 g/mol. The Morgan fingerprint density at radius 3 is 2.44 bits per heavy atom. The predicted molar refractivity (Wildman–Crippen MR) is 137 cm³/mol. The molecule has 0 saturated heterocycles. The highest BCUT2D eigenvalue weighted by Crippen LogP contribution is 2.38. The second kappa shape index (κ2) is 11.2. The first-order chi connectivity index (χ1) is 16.6. The van der Waals surface area contributed by atoms with Crippen molar-refractivity contribution < 1.29 is 14.3 Å². The summed E-state index contributed by atoms with van der Waals surface area (Å²) in [6.07, 6.45) is 2.45. The number of halogens is 1. The van der Waals surface area contributed by atoms with Crippen molar-refractivity contribution in [2.75, 3.05) is 27.4 Å². The number of para-hydroxylation sites is 1. The number of hydrogen-bond acceptors (Lipinski definition) is 3. The second-order valence-corrected chi connectivity index (χ2v) is 8.61. The van der Waals surface area contributed by atoms with E-state index in [0.717, 1.165) is 27.8 Å². The molecule has 1 N–H and O–H groups in total. The molecule has 0 fully saturated rings. The van der Waals surface area contributed by atoms with Gasteiger partial charge >= 0.3 is 0 Å². The van der Waals surface area contributed by atoms with E-state index >= 15 is 0 Å². The van der Waals surface area contributed by atoms with Crippen LogP contribution < -0.4 is 10.1 Å². The van der Waals surface area contributed by atoms with Crippen molar-refractivity contribution in [3.8, 4) is 5.75 Å². The first-order valence-corrected chi connectivity index (χ1v) is 11.7. The summed E-state index contributed by atoms with van der Waals surface area (Å²) in [5.74, 6) is 0.618. The Morgan fingerprint density at radius 2 is 1.71 bits per heavy atom. The van der Waals surface area contributed by atoms with Gasteiger partial charge in [0.2, 0.25) is 5.91 Å². The summed E-state index contributed by atoms with van der Waals surface area (Å²) in [6, 6.07) is 24.1. The molecule has 1 aromatic heterocycles. The van der Waals surface area contributed by atoms with E-state index in [1.54, 1.807) is 14.2 Å². The molecule has 34 heavy (non-hydrogen) atoms. The fourth-order valence-electron chi connectivity index (χ4n) is 4.31. The first kappa shape index (κ1) is 23.9. The van der Waals surface area contributed by atoms with E-state index < -0.39 is 0 Å². The van der Waals surface area contributed by atoms with Gasteiger partial charge in [0.1, 0.15) is 5.75 Å². The molecule has 1 amide bonds. The van der Waals surface area contributed by atoms with Crippen molar-refractivity contribution in [2.45, 2.75) is 18.9 Å². The molecule has 3 aromatic carbocycles. The zero-order chi connectivity index (χ0) is 23.9. The normalized spacial score (nSPS) is 12.0. The van der Waals surface area contributed by atoms with Gasteiger partial charge in [-0.25, -0.2) is 0 Å². The van der Waals surface area contributed by atoms with Crippen LogP contribution >= 0.6 is 11.6 Å². The van der Waals surface area contributed by atoms with Crippen LogP contribution in [0.15, 0.2) is 79.0 Å². The Balaban J connectivity index is 1.73. The Labute approximate surface area is 205 Å². The van der Waals surface area contributed by atoms with Gasteiger partial charge in [-0.15, -0.1) is 0 Å². The number of ether oxygens (including phenoxy) is 2. The molecule has 1 heterocycles. The topological polar surface area (TPSA) is 52.5 Å². The lowest BCUT2D eigenvalue weighted by molar-refractivity contribution is -0.121. The smallest absolute Gasteiger partial charge is 0.221 e. The van der Waals surface area contributed by atoms with E-state index in [9.17, 15) is 4.79 Å².